The predicted molar refractivity (Wildman–Crippen MR) is 66.8 cm³/mol. The van der Waals surface area contributed by atoms with E-state index < -0.39 is 0 Å². The maximum absolute atomic E-state index is 12.1. The fourth-order valence-electron chi connectivity index (χ4n) is 1.32. The van der Waals surface area contributed by atoms with Crippen LogP contribution in [0.2, 0.25) is 5.02 Å². The number of nitrogens with zero attached hydrogens (tertiary/aromatic N) is 1. The summed E-state index contributed by atoms with van der Waals surface area (Å²) in [5.41, 5.74) is 0.845. The average molecular weight is 297 g/mol. The van der Waals surface area contributed by atoms with E-state index in [2.05, 4.69) is 20.9 Å². The second-order valence-electron chi connectivity index (χ2n) is 3.17. The first-order chi connectivity index (χ1) is 7.68. The SMILES string of the molecule is O=C(c1cccc(Br)c1)c1ncccc1Cl. The van der Waals surface area contributed by atoms with Gasteiger partial charge in [0.25, 0.3) is 0 Å². The topological polar surface area (TPSA) is 30.0 Å². The van der Waals surface area contributed by atoms with Crippen molar-refractivity contribution in [3.63, 3.8) is 0 Å². The lowest BCUT2D eigenvalue weighted by atomic mass is 10.1. The zero-order chi connectivity index (χ0) is 11.5. The maximum Gasteiger partial charge on any atom is 0.212 e. The third-order valence-electron chi connectivity index (χ3n) is 2.06. The van der Waals surface area contributed by atoms with Crippen molar-refractivity contribution in [2.75, 3.05) is 0 Å². The average Bonchev–Trinajstić information content (AvgIpc) is 2.29. The van der Waals surface area contributed by atoms with Crippen molar-refractivity contribution in [2.24, 2.45) is 0 Å². The minimum absolute atomic E-state index is 0.174. The van der Waals surface area contributed by atoms with E-state index in [9.17, 15) is 4.79 Å². The van der Waals surface area contributed by atoms with Crippen molar-refractivity contribution < 1.29 is 4.79 Å². The molecule has 0 radical (unpaired) electrons. The highest BCUT2D eigenvalue weighted by Crippen LogP contribution is 2.19. The summed E-state index contributed by atoms with van der Waals surface area (Å²) in [6, 6.07) is 10.5. The van der Waals surface area contributed by atoms with Gasteiger partial charge in [0.1, 0.15) is 5.69 Å². The summed E-state index contributed by atoms with van der Waals surface area (Å²) in [5, 5.41) is 0.368. The largest absolute Gasteiger partial charge is 0.287 e. The zero-order valence-electron chi connectivity index (χ0n) is 8.15. The molecule has 0 bridgehead atoms. The van der Waals surface area contributed by atoms with Gasteiger partial charge in [-0.2, -0.15) is 0 Å². The molecule has 0 aliphatic rings. The van der Waals surface area contributed by atoms with Gasteiger partial charge in [0.05, 0.1) is 5.02 Å². The van der Waals surface area contributed by atoms with Crippen LogP contribution in [0.1, 0.15) is 16.1 Å². The van der Waals surface area contributed by atoms with Gasteiger partial charge in [-0.1, -0.05) is 39.7 Å². The molecule has 2 nitrogen and oxygen atoms in total. The van der Waals surface area contributed by atoms with E-state index in [-0.39, 0.29) is 11.5 Å². The van der Waals surface area contributed by atoms with Crippen molar-refractivity contribution in [2.45, 2.75) is 0 Å². The van der Waals surface area contributed by atoms with Gasteiger partial charge in [-0.05, 0) is 24.3 Å². The molecule has 2 rings (SSSR count). The van der Waals surface area contributed by atoms with E-state index in [1.807, 2.05) is 6.07 Å². The summed E-state index contributed by atoms with van der Waals surface area (Å²) in [7, 11) is 0. The Bertz CT molecular complexity index is 542. The number of hydrogen-bond acceptors (Lipinski definition) is 2. The Balaban J connectivity index is 2.44. The van der Waals surface area contributed by atoms with E-state index in [4.69, 9.17) is 11.6 Å². The molecule has 0 atom stereocenters. The van der Waals surface area contributed by atoms with E-state index >= 15 is 0 Å². The molecule has 1 aromatic carbocycles. The Morgan fingerprint density at radius 2 is 2.06 bits per heavy atom. The number of pyridine rings is 1. The van der Waals surface area contributed by atoms with Crippen LogP contribution in [0.5, 0.6) is 0 Å². The number of aromatic nitrogens is 1. The number of ketones is 1. The number of rotatable bonds is 2. The van der Waals surface area contributed by atoms with Gasteiger partial charge >= 0.3 is 0 Å². The van der Waals surface area contributed by atoms with Crippen LogP contribution in [-0.2, 0) is 0 Å². The van der Waals surface area contributed by atoms with Crippen LogP contribution in [0.3, 0.4) is 0 Å². The van der Waals surface area contributed by atoms with Crippen LogP contribution in [0, 0.1) is 0 Å². The van der Waals surface area contributed by atoms with Crippen LogP contribution < -0.4 is 0 Å². The van der Waals surface area contributed by atoms with Crippen molar-refractivity contribution in [3.05, 3.63) is 63.3 Å². The number of benzene rings is 1. The molecule has 4 heteroatoms. The van der Waals surface area contributed by atoms with Crippen molar-refractivity contribution >= 4 is 33.3 Å². The van der Waals surface area contributed by atoms with E-state index in [0.717, 1.165) is 4.47 Å². The smallest absolute Gasteiger partial charge is 0.212 e. The Morgan fingerprint density at radius 1 is 1.25 bits per heavy atom. The summed E-state index contributed by atoms with van der Waals surface area (Å²) >= 11 is 9.23. The first-order valence-corrected chi connectivity index (χ1v) is 5.76. The molecule has 0 N–H and O–H groups in total. The first kappa shape index (κ1) is 11.3. The molecule has 0 spiro atoms. The van der Waals surface area contributed by atoms with Crippen molar-refractivity contribution in [3.8, 4) is 0 Å². The summed E-state index contributed by atoms with van der Waals surface area (Å²) in [6.07, 6.45) is 1.55. The highest BCUT2D eigenvalue weighted by Gasteiger charge is 2.13. The second-order valence-corrected chi connectivity index (χ2v) is 4.50. The van der Waals surface area contributed by atoms with E-state index in [1.54, 1.807) is 36.5 Å². The Morgan fingerprint density at radius 3 is 2.75 bits per heavy atom. The highest BCUT2D eigenvalue weighted by molar-refractivity contribution is 9.10. The van der Waals surface area contributed by atoms with Gasteiger partial charge in [-0.15, -0.1) is 0 Å². The molecule has 0 unspecified atom stereocenters. The van der Waals surface area contributed by atoms with Gasteiger partial charge in [-0.25, -0.2) is 0 Å². The normalized spacial score (nSPS) is 10.1. The quantitative estimate of drug-likeness (QED) is 0.790. The number of carbonyl (C=O) groups is 1. The lowest BCUT2D eigenvalue weighted by molar-refractivity contribution is 0.103. The molecule has 0 amide bonds. The molecular formula is C12H7BrClNO. The Hall–Kier alpha value is -1.19. The first-order valence-electron chi connectivity index (χ1n) is 4.59. The maximum atomic E-state index is 12.1. The summed E-state index contributed by atoms with van der Waals surface area (Å²) in [4.78, 5) is 16.0. The molecule has 16 heavy (non-hydrogen) atoms. The highest BCUT2D eigenvalue weighted by atomic mass is 79.9. The summed E-state index contributed by atoms with van der Waals surface area (Å²) in [5.74, 6) is -0.174. The molecule has 0 saturated heterocycles. The molecule has 0 fully saturated rings. The van der Waals surface area contributed by atoms with E-state index in [1.165, 1.54) is 0 Å². The minimum atomic E-state index is -0.174. The van der Waals surface area contributed by atoms with Crippen LogP contribution in [-0.4, -0.2) is 10.8 Å². The summed E-state index contributed by atoms with van der Waals surface area (Å²) < 4.78 is 0.852. The van der Waals surface area contributed by atoms with Gasteiger partial charge in [0.15, 0.2) is 0 Å². The number of halogens is 2. The van der Waals surface area contributed by atoms with Crippen LogP contribution in [0.15, 0.2) is 47.1 Å². The molecule has 0 saturated carbocycles. The second kappa shape index (κ2) is 4.76. The molecule has 2 aromatic rings. The van der Waals surface area contributed by atoms with Crippen LogP contribution >= 0.6 is 27.5 Å². The molecule has 0 aliphatic heterocycles. The fraction of sp³-hybridized carbons (Fsp3) is 0. The van der Waals surface area contributed by atoms with Gasteiger partial charge < -0.3 is 0 Å². The molecule has 80 valence electrons. The van der Waals surface area contributed by atoms with Crippen molar-refractivity contribution in [1.29, 1.82) is 0 Å². The van der Waals surface area contributed by atoms with Crippen LogP contribution in [0.25, 0.3) is 0 Å². The predicted octanol–water partition coefficient (Wildman–Crippen LogP) is 3.73. The van der Waals surface area contributed by atoms with Crippen LogP contribution in [0.4, 0.5) is 0 Å². The van der Waals surface area contributed by atoms with Crippen molar-refractivity contribution in [1.82, 2.24) is 4.98 Å². The standard InChI is InChI=1S/C12H7BrClNO/c13-9-4-1-3-8(7-9)12(16)11-10(14)5-2-6-15-11/h1-7H. The summed E-state index contributed by atoms with van der Waals surface area (Å²) in [6.45, 7) is 0. The van der Waals surface area contributed by atoms with Gasteiger partial charge in [-0.3, -0.25) is 9.78 Å². The fourth-order valence-corrected chi connectivity index (χ4v) is 1.93. The molecular weight excluding hydrogens is 289 g/mol. The molecule has 1 aromatic heterocycles. The minimum Gasteiger partial charge on any atom is -0.287 e. The zero-order valence-corrected chi connectivity index (χ0v) is 10.5. The Labute approximate surface area is 106 Å². The monoisotopic (exact) mass is 295 g/mol. The lowest BCUT2D eigenvalue weighted by Gasteiger charge is -2.02. The van der Waals surface area contributed by atoms with Gasteiger partial charge in [0.2, 0.25) is 5.78 Å². The van der Waals surface area contributed by atoms with Gasteiger partial charge in [0, 0.05) is 16.2 Å². The molecule has 0 aliphatic carbocycles. The third-order valence-corrected chi connectivity index (χ3v) is 2.86. The Kier molecular flexibility index (Phi) is 3.36. The van der Waals surface area contributed by atoms with E-state index in [0.29, 0.717) is 10.6 Å². The number of carbonyl (C=O) groups excluding carboxylic acids is 1. The molecule has 1 heterocycles. The lowest BCUT2D eigenvalue weighted by Crippen LogP contribution is -2.04. The third kappa shape index (κ3) is 2.31. The number of hydrogen-bond donors (Lipinski definition) is 0.